The van der Waals surface area contributed by atoms with Gasteiger partial charge in [-0.1, -0.05) is 42.6 Å². The van der Waals surface area contributed by atoms with Crippen LogP contribution in [0.25, 0.3) is 0 Å². The van der Waals surface area contributed by atoms with E-state index in [4.69, 9.17) is 27.9 Å². The summed E-state index contributed by atoms with van der Waals surface area (Å²) < 4.78 is 5.96. The van der Waals surface area contributed by atoms with E-state index in [1.807, 2.05) is 6.07 Å². The summed E-state index contributed by atoms with van der Waals surface area (Å²) in [5, 5.41) is 10.1. The van der Waals surface area contributed by atoms with E-state index in [0.717, 1.165) is 25.7 Å². The second-order valence-electron chi connectivity index (χ2n) is 5.03. The zero-order valence-corrected chi connectivity index (χ0v) is 12.4. The number of hydrogen-bond acceptors (Lipinski definition) is 2. The van der Waals surface area contributed by atoms with E-state index >= 15 is 0 Å². The Bertz CT molecular complexity index is 484. The van der Waals surface area contributed by atoms with E-state index in [2.05, 4.69) is 13.0 Å². The van der Waals surface area contributed by atoms with Gasteiger partial charge in [-0.3, -0.25) is 0 Å². The van der Waals surface area contributed by atoms with Crippen molar-refractivity contribution in [2.45, 2.75) is 38.7 Å². The van der Waals surface area contributed by atoms with E-state index in [9.17, 15) is 5.26 Å². The van der Waals surface area contributed by atoms with Crippen LogP contribution in [0.3, 0.4) is 0 Å². The third kappa shape index (κ3) is 3.35. The molecule has 0 saturated heterocycles. The molecular formula is C15H17Cl2NO. The Hall–Kier alpha value is -0.910. The molecule has 0 radical (unpaired) electrons. The molecular weight excluding hydrogens is 281 g/mol. The molecule has 2 nitrogen and oxygen atoms in total. The average Bonchev–Trinajstić information content (AvgIpc) is 2.43. The van der Waals surface area contributed by atoms with Gasteiger partial charge in [0.15, 0.2) is 0 Å². The van der Waals surface area contributed by atoms with Crippen molar-refractivity contribution in [3.63, 3.8) is 0 Å². The molecule has 1 aliphatic rings. The molecule has 19 heavy (non-hydrogen) atoms. The highest BCUT2D eigenvalue weighted by molar-refractivity contribution is 6.42. The van der Waals surface area contributed by atoms with Crippen molar-refractivity contribution in [3.05, 3.63) is 28.2 Å². The van der Waals surface area contributed by atoms with Crippen LogP contribution in [0.5, 0.6) is 5.75 Å². The molecule has 4 heteroatoms. The van der Waals surface area contributed by atoms with Gasteiger partial charge in [0.05, 0.1) is 17.0 Å². The molecule has 0 bridgehead atoms. The van der Waals surface area contributed by atoms with Crippen LogP contribution in [0.4, 0.5) is 0 Å². The van der Waals surface area contributed by atoms with Crippen LogP contribution in [0.1, 0.15) is 32.6 Å². The summed E-state index contributed by atoms with van der Waals surface area (Å²) in [6.45, 7) is 2.18. The van der Waals surface area contributed by atoms with E-state index in [1.54, 1.807) is 12.1 Å². The first-order valence-electron chi connectivity index (χ1n) is 6.66. The summed E-state index contributed by atoms with van der Waals surface area (Å²) in [6, 6.07) is 7.70. The van der Waals surface area contributed by atoms with Crippen molar-refractivity contribution in [1.82, 2.24) is 0 Å². The molecule has 3 atom stereocenters. The first kappa shape index (κ1) is 14.5. The summed E-state index contributed by atoms with van der Waals surface area (Å²) in [5.41, 5.74) is 0. The fourth-order valence-electron chi connectivity index (χ4n) is 2.60. The second-order valence-corrected chi connectivity index (χ2v) is 5.82. The number of rotatable bonds is 3. The van der Waals surface area contributed by atoms with Crippen LogP contribution in [0.2, 0.25) is 10.0 Å². The van der Waals surface area contributed by atoms with Crippen molar-refractivity contribution in [3.8, 4) is 11.8 Å². The van der Waals surface area contributed by atoms with Gasteiger partial charge in [0.25, 0.3) is 0 Å². The van der Waals surface area contributed by atoms with Gasteiger partial charge in [-0.25, -0.2) is 0 Å². The number of benzene rings is 1. The molecule has 3 unspecified atom stereocenters. The molecule has 1 aromatic rings. The standard InChI is InChI=1S/C15H17Cl2NO/c1-2-10-6-7-11(9-18)14(8-10)19-13-5-3-4-12(16)15(13)17/h3-5,10-11,14H,2,6-8H2,1H3. The molecule has 0 spiro atoms. The summed E-state index contributed by atoms with van der Waals surface area (Å²) in [7, 11) is 0. The van der Waals surface area contributed by atoms with Crippen LogP contribution < -0.4 is 4.74 Å². The molecule has 1 fully saturated rings. The summed E-state index contributed by atoms with van der Waals surface area (Å²) in [5.74, 6) is 1.15. The first-order valence-corrected chi connectivity index (χ1v) is 7.41. The minimum Gasteiger partial charge on any atom is -0.487 e. The number of halogens is 2. The van der Waals surface area contributed by atoms with Gasteiger partial charge in [-0.15, -0.1) is 0 Å². The van der Waals surface area contributed by atoms with Gasteiger partial charge in [0.2, 0.25) is 0 Å². The molecule has 2 rings (SSSR count). The van der Waals surface area contributed by atoms with Gasteiger partial charge in [0.1, 0.15) is 16.9 Å². The fourth-order valence-corrected chi connectivity index (χ4v) is 2.94. The maximum Gasteiger partial charge on any atom is 0.139 e. The molecule has 1 saturated carbocycles. The molecule has 0 N–H and O–H groups in total. The van der Waals surface area contributed by atoms with Crippen LogP contribution in [0, 0.1) is 23.2 Å². The highest BCUT2D eigenvalue weighted by atomic mass is 35.5. The third-order valence-electron chi connectivity index (χ3n) is 3.84. The lowest BCUT2D eigenvalue weighted by Crippen LogP contribution is -2.33. The fraction of sp³-hybridized carbons (Fsp3) is 0.533. The average molecular weight is 298 g/mol. The molecule has 0 heterocycles. The molecule has 1 aliphatic carbocycles. The lowest BCUT2D eigenvalue weighted by Gasteiger charge is -2.32. The van der Waals surface area contributed by atoms with Crippen molar-refractivity contribution in [1.29, 1.82) is 5.26 Å². The maximum atomic E-state index is 9.23. The first-order chi connectivity index (χ1) is 9.15. The number of nitriles is 1. The Kier molecular flexibility index (Phi) is 4.96. The van der Waals surface area contributed by atoms with Gasteiger partial charge >= 0.3 is 0 Å². The Morgan fingerprint density at radius 1 is 1.37 bits per heavy atom. The van der Waals surface area contributed by atoms with E-state index in [-0.39, 0.29) is 12.0 Å². The zero-order chi connectivity index (χ0) is 13.8. The molecule has 0 aliphatic heterocycles. The summed E-state index contributed by atoms with van der Waals surface area (Å²) >= 11 is 12.1. The van der Waals surface area contributed by atoms with Crippen molar-refractivity contribution >= 4 is 23.2 Å². The highest BCUT2D eigenvalue weighted by Gasteiger charge is 2.31. The minimum atomic E-state index is -0.0836. The third-order valence-corrected chi connectivity index (χ3v) is 4.64. The van der Waals surface area contributed by atoms with Gasteiger partial charge in [-0.2, -0.15) is 5.26 Å². The number of ether oxygens (including phenoxy) is 1. The second kappa shape index (κ2) is 6.50. The van der Waals surface area contributed by atoms with Gasteiger partial charge < -0.3 is 4.74 Å². The normalized spacial score (nSPS) is 26.7. The van der Waals surface area contributed by atoms with Crippen LogP contribution >= 0.6 is 23.2 Å². The Balaban J connectivity index is 2.15. The van der Waals surface area contributed by atoms with Crippen molar-refractivity contribution in [2.24, 2.45) is 11.8 Å². The zero-order valence-electron chi connectivity index (χ0n) is 10.9. The summed E-state index contributed by atoms with van der Waals surface area (Å²) in [4.78, 5) is 0. The van der Waals surface area contributed by atoms with Gasteiger partial charge in [-0.05, 0) is 37.3 Å². The Morgan fingerprint density at radius 2 is 2.16 bits per heavy atom. The molecule has 102 valence electrons. The molecule has 0 aromatic heterocycles. The smallest absolute Gasteiger partial charge is 0.139 e. The summed E-state index contributed by atoms with van der Waals surface area (Å²) in [6.07, 6.45) is 3.97. The van der Waals surface area contributed by atoms with Crippen molar-refractivity contribution in [2.75, 3.05) is 0 Å². The van der Waals surface area contributed by atoms with Crippen LogP contribution in [-0.4, -0.2) is 6.10 Å². The Labute approximate surface area is 124 Å². The lowest BCUT2D eigenvalue weighted by molar-refractivity contribution is 0.0894. The maximum absolute atomic E-state index is 9.23. The SMILES string of the molecule is CCC1CCC(C#N)C(Oc2cccc(Cl)c2Cl)C1. The monoisotopic (exact) mass is 297 g/mol. The molecule has 1 aromatic carbocycles. The quantitative estimate of drug-likeness (QED) is 0.778. The van der Waals surface area contributed by atoms with E-state index < -0.39 is 0 Å². The Morgan fingerprint density at radius 3 is 2.84 bits per heavy atom. The van der Waals surface area contributed by atoms with Crippen LogP contribution in [-0.2, 0) is 0 Å². The lowest BCUT2D eigenvalue weighted by atomic mass is 9.79. The largest absolute Gasteiger partial charge is 0.487 e. The minimum absolute atomic E-state index is 0.0575. The highest BCUT2D eigenvalue weighted by Crippen LogP contribution is 2.37. The topological polar surface area (TPSA) is 33.0 Å². The number of nitrogens with zero attached hydrogens (tertiary/aromatic N) is 1. The van der Waals surface area contributed by atoms with Crippen LogP contribution in [0.15, 0.2) is 18.2 Å². The van der Waals surface area contributed by atoms with E-state index in [1.165, 1.54) is 0 Å². The predicted octanol–water partition coefficient (Wildman–Crippen LogP) is 5.09. The number of hydrogen-bond donors (Lipinski definition) is 0. The van der Waals surface area contributed by atoms with E-state index in [0.29, 0.717) is 21.7 Å². The predicted molar refractivity (Wildman–Crippen MR) is 77.6 cm³/mol. The van der Waals surface area contributed by atoms with Crippen molar-refractivity contribution < 1.29 is 4.74 Å². The van der Waals surface area contributed by atoms with Gasteiger partial charge in [0, 0.05) is 0 Å². The molecule has 0 amide bonds.